The molecule has 7 heteroatoms. The van der Waals surface area contributed by atoms with Gasteiger partial charge < -0.3 is 25.0 Å². The second-order valence-corrected chi connectivity index (χ2v) is 7.38. The lowest BCUT2D eigenvalue weighted by Gasteiger charge is -2.20. The third kappa shape index (κ3) is 5.17. The number of aryl methyl sites for hydroxylation is 1. The van der Waals surface area contributed by atoms with Gasteiger partial charge in [0, 0.05) is 30.9 Å². The second-order valence-electron chi connectivity index (χ2n) is 6.97. The Balaban J connectivity index is 1.55. The summed E-state index contributed by atoms with van der Waals surface area (Å²) >= 11 is 5.43. The molecule has 0 atom stereocenters. The Morgan fingerprint density at radius 2 is 1.93 bits per heavy atom. The number of rotatable bonds is 7. The van der Waals surface area contributed by atoms with Gasteiger partial charge in [-0.1, -0.05) is 12.1 Å². The van der Waals surface area contributed by atoms with E-state index < -0.39 is 0 Å². The summed E-state index contributed by atoms with van der Waals surface area (Å²) < 4.78 is 10.6. The summed E-state index contributed by atoms with van der Waals surface area (Å²) in [6.07, 6.45) is 2.32. The standard InChI is InChI=1S/C22H27N3O3S/c1-15-6-8-17(14-18(15)25-12-4-5-21(25)26)24-22(29)23-11-10-16-7-9-19(27-2)20(13-16)28-3/h6-9,13-14H,4-5,10-12H2,1-3H3,(H2,23,24,29). The Labute approximate surface area is 177 Å². The van der Waals surface area contributed by atoms with E-state index in [9.17, 15) is 4.79 Å². The van der Waals surface area contributed by atoms with Crippen LogP contribution in [0.2, 0.25) is 0 Å². The summed E-state index contributed by atoms with van der Waals surface area (Å²) in [6.45, 7) is 3.48. The molecule has 1 aliphatic heterocycles. The number of nitrogens with zero attached hydrogens (tertiary/aromatic N) is 1. The largest absolute Gasteiger partial charge is 0.493 e. The number of methoxy groups -OCH3 is 2. The number of carbonyl (C=O) groups excluding carboxylic acids is 1. The summed E-state index contributed by atoms with van der Waals surface area (Å²) in [6, 6.07) is 11.9. The fourth-order valence-electron chi connectivity index (χ4n) is 3.41. The molecule has 2 aromatic carbocycles. The number of benzene rings is 2. The van der Waals surface area contributed by atoms with Gasteiger partial charge in [0.2, 0.25) is 5.91 Å². The molecule has 154 valence electrons. The molecule has 6 nitrogen and oxygen atoms in total. The molecule has 0 bridgehead atoms. The number of thiocarbonyl (C=S) groups is 1. The first-order valence-electron chi connectivity index (χ1n) is 9.68. The third-order valence-electron chi connectivity index (χ3n) is 4.98. The number of hydrogen-bond donors (Lipinski definition) is 2. The zero-order valence-corrected chi connectivity index (χ0v) is 17.9. The first kappa shape index (κ1) is 20.9. The minimum absolute atomic E-state index is 0.181. The van der Waals surface area contributed by atoms with Gasteiger partial charge >= 0.3 is 0 Å². The lowest BCUT2D eigenvalue weighted by molar-refractivity contribution is -0.117. The van der Waals surface area contributed by atoms with Crippen molar-refractivity contribution in [1.29, 1.82) is 0 Å². The van der Waals surface area contributed by atoms with Crippen molar-refractivity contribution in [3.63, 3.8) is 0 Å². The zero-order chi connectivity index (χ0) is 20.8. The molecule has 0 radical (unpaired) electrons. The smallest absolute Gasteiger partial charge is 0.227 e. The number of amides is 1. The Morgan fingerprint density at radius 1 is 1.14 bits per heavy atom. The highest BCUT2D eigenvalue weighted by molar-refractivity contribution is 7.80. The summed E-state index contributed by atoms with van der Waals surface area (Å²) in [7, 11) is 3.25. The molecule has 0 aromatic heterocycles. The first-order chi connectivity index (χ1) is 14.0. The van der Waals surface area contributed by atoms with Crippen molar-refractivity contribution in [1.82, 2.24) is 5.32 Å². The molecule has 0 spiro atoms. The van der Waals surface area contributed by atoms with Gasteiger partial charge in [0.25, 0.3) is 0 Å². The maximum atomic E-state index is 12.1. The Bertz CT molecular complexity index is 901. The monoisotopic (exact) mass is 413 g/mol. The molecule has 1 fully saturated rings. The molecule has 1 heterocycles. The maximum absolute atomic E-state index is 12.1. The van der Waals surface area contributed by atoms with Crippen LogP contribution in [-0.4, -0.2) is 38.3 Å². The minimum Gasteiger partial charge on any atom is -0.493 e. The summed E-state index contributed by atoms with van der Waals surface area (Å²) in [5, 5.41) is 6.99. The van der Waals surface area contributed by atoms with Crippen LogP contribution in [0.25, 0.3) is 0 Å². The van der Waals surface area contributed by atoms with Crippen LogP contribution >= 0.6 is 12.2 Å². The van der Waals surface area contributed by atoms with E-state index in [-0.39, 0.29) is 5.91 Å². The Morgan fingerprint density at radius 3 is 2.62 bits per heavy atom. The third-order valence-corrected chi connectivity index (χ3v) is 5.22. The Kier molecular flexibility index (Phi) is 6.93. The van der Waals surface area contributed by atoms with Gasteiger partial charge in [0.15, 0.2) is 16.6 Å². The highest BCUT2D eigenvalue weighted by atomic mass is 32.1. The summed E-state index contributed by atoms with van der Waals surface area (Å²) in [4.78, 5) is 13.9. The molecule has 1 aliphatic rings. The van der Waals surface area contributed by atoms with E-state index >= 15 is 0 Å². The first-order valence-corrected chi connectivity index (χ1v) is 10.1. The fraction of sp³-hybridized carbons (Fsp3) is 0.364. The molecule has 0 aliphatic carbocycles. The van der Waals surface area contributed by atoms with Crippen LogP contribution < -0.4 is 25.0 Å². The number of ether oxygens (including phenoxy) is 2. The topological polar surface area (TPSA) is 62.8 Å². The number of nitrogens with one attached hydrogen (secondary N) is 2. The van der Waals surface area contributed by atoms with E-state index in [0.717, 1.165) is 41.9 Å². The van der Waals surface area contributed by atoms with E-state index in [0.29, 0.717) is 29.6 Å². The van der Waals surface area contributed by atoms with Crippen LogP contribution in [0, 0.1) is 6.92 Å². The second kappa shape index (κ2) is 9.60. The molecule has 2 N–H and O–H groups in total. The van der Waals surface area contributed by atoms with Crippen LogP contribution in [0.5, 0.6) is 11.5 Å². The van der Waals surface area contributed by atoms with Crippen molar-refractivity contribution < 1.29 is 14.3 Å². The van der Waals surface area contributed by atoms with Gasteiger partial charge in [0.05, 0.1) is 14.2 Å². The van der Waals surface area contributed by atoms with E-state index in [1.165, 1.54) is 0 Å². The van der Waals surface area contributed by atoms with Crippen molar-refractivity contribution >= 4 is 34.6 Å². The zero-order valence-electron chi connectivity index (χ0n) is 17.1. The molecular weight excluding hydrogens is 386 g/mol. The molecule has 0 unspecified atom stereocenters. The average Bonchev–Trinajstić information content (AvgIpc) is 3.15. The quantitative estimate of drug-likeness (QED) is 0.676. The van der Waals surface area contributed by atoms with E-state index in [1.54, 1.807) is 14.2 Å². The fourth-order valence-corrected chi connectivity index (χ4v) is 3.63. The van der Waals surface area contributed by atoms with Crippen LogP contribution in [0.1, 0.15) is 24.0 Å². The van der Waals surface area contributed by atoms with Crippen LogP contribution in [0.15, 0.2) is 36.4 Å². The highest BCUT2D eigenvalue weighted by Gasteiger charge is 2.23. The minimum atomic E-state index is 0.181. The van der Waals surface area contributed by atoms with Crippen molar-refractivity contribution in [2.45, 2.75) is 26.2 Å². The van der Waals surface area contributed by atoms with Crippen LogP contribution in [0.4, 0.5) is 11.4 Å². The SMILES string of the molecule is COc1ccc(CCNC(=S)Nc2ccc(C)c(N3CCCC3=O)c2)cc1OC. The molecular formula is C22H27N3O3S. The van der Waals surface area contributed by atoms with Gasteiger partial charge in [-0.15, -0.1) is 0 Å². The van der Waals surface area contributed by atoms with Crippen molar-refractivity contribution in [3.05, 3.63) is 47.5 Å². The molecule has 3 rings (SSSR count). The summed E-state index contributed by atoms with van der Waals surface area (Å²) in [5.74, 6) is 1.61. The van der Waals surface area contributed by atoms with Gasteiger partial charge in [-0.2, -0.15) is 0 Å². The predicted octanol–water partition coefficient (Wildman–Crippen LogP) is 3.67. The lowest BCUT2D eigenvalue weighted by Crippen LogP contribution is -2.30. The van der Waals surface area contributed by atoms with E-state index in [2.05, 4.69) is 10.6 Å². The molecule has 1 saturated heterocycles. The summed E-state index contributed by atoms with van der Waals surface area (Å²) in [5.41, 5.74) is 4.03. The lowest BCUT2D eigenvalue weighted by atomic mass is 10.1. The van der Waals surface area contributed by atoms with Crippen molar-refractivity contribution in [3.8, 4) is 11.5 Å². The number of anilines is 2. The molecule has 29 heavy (non-hydrogen) atoms. The van der Waals surface area contributed by atoms with Gasteiger partial charge in [-0.3, -0.25) is 4.79 Å². The molecule has 0 saturated carbocycles. The predicted molar refractivity (Wildman–Crippen MR) is 120 cm³/mol. The van der Waals surface area contributed by atoms with Crippen molar-refractivity contribution in [2.75, 3.05) is 37.5 Å². The maximum Gasteiger partial charge on any atom is 0.227 e. The number of carbonyl (C=O) groups is 1. The van der Waals surface area contributed by atoms with Crippen molar-refractivity contribution in [2.24, 2.45) is 0 Å². The molecule has 2 aromatic rings. The van der Waals surface area contributed by atoms with Gasteiger partial charge in [0.1, 0.15) is 0 Å². The average molecular weight is 414 g/mol. The van der Waals surface area contributed by atoms with Crippen LogP contribution in [0.3, 0.4) is 0 Å². The van der Waals surface area contributed by atoms with Gasteiger partial charge in [-0.05, 0) is 67.4 Å². The highest BCUT2D eigenvalue weighted by Crippen LogP contribution is 2.29. The normalized spacial score (nSPS) is 13.3. The Hall–Kier alpha value is -2.80. The van der Waals surface area contributed by atoms with Crippen LogP contribution in [-0.2, 0) is 11.2 Å². The number of hydrogen-bond acceptors (Lipinski definition) is 4. The molecule has 1 amide bonds. The van der Waals surface area contributed by atoms with Gasteiger partial charge in [-0.25, -0.2) is 0 Å². The van der Waals surface area contributed by atoms with E-state index in [1.807, 2.05) is 48.2 Å². The van der Waals surface area contributed by atoms with E-state index in [4.69, 9.17) is 21.7 Å².